The number of rotatable bonds is 8. The number of methoxy groups -OCH3 is 1. The molecule has 0 spiro atoms. The molecule has 1 heterocycles. The van der Waals surface area contributed by atoms with Crippen LogP contribution >= 0.6 is 11.3 Å². The Morgan fingerprint density at radius 1 is 1.24 bits per heavy atom. The van der Waals surface area contributed by atoms with Gasteiger partial charge in [0.25, 0.3) is 0 Å². The third-order valence-electron chi connectivity index (χ3n) is 3.75. The topological polar surface area (TPSA) is 45.7 Å². The highest BCUT2D eigenvalue weighted by Gasteiger charge is 2.08. The average Bonchev–Trinajstić information content (AvgIpc) is 2.98. The van der Waals surface area contributed by atoms with Crippen molar-refractivity contribution in [3.8, 4) is 0 Å². The van der Waals surface area contributed by atoms with E-state index in [9.17, 15) is 0 Å². The highest BCUT2D eigenvalue weighted by atomic mass is 32.1. The number of aliphatic imine (C=N–C) groups is 1. The Morgan fingerprint density at radius 2 is 2.04 bits per heavy atom. The maximum atomic E-state index is 5.20. The molecule has 0 saturated carbocycles. The zero-order valence-electron chi connectivity index (χ0n) is 15.6. The first-order valence-electron chi connectivity index (χ1n) is 8.77. The van der Waals surface area contributed by atoms with Crippen molar-refractivity contribution in [2.24, 2.45) is 4.99 Å². The van der Waals surface area contributed by atoms with Gasteiger partial charge in [-0.1, -0.05) is 24.3 Å². The standard InChI is InChI=1S/C20H29N3OS/c1-5-21-20(23-15(2)11-19-10-9-16(3)25-19)22-13-17-7-6-8-18(12-17)14-24-4/h6-10,12,15H,5,11,13-14H2,1-4H3,(H2,21,22,23). The van der Waals surface area contributed by atoms with Gasteiger partial charge in [-0.2, -0.15) is 0 Å². The minimum absolute atomic E-state index is 0.329. The summed E-state index contributed by atoms with van der Waals surface area (Å²) in [5, 5.41) is 6.84. The molecule has 2 rings (SSSR count). The summed E-state index contributed by atoms with van der Waals surface area (Å²) in [6.07, 6.45) is 1.01. The molecule has 0 aliphatic carbocycles. The van der Waals surface area contributed by atoms with E-state index < -0.39 is 0 Å². The van der Waals surface area contributed by atoms with Gasteiger partial charge < -0.3 is 15.4 Å². The molecular weight excluding hydrogens is 330 g/mol. The normalized spacial score (nSPS) is 12.9. The Morgan fingerprint density at radius 3 is 2.72 bits per heavy atom. The van der Waals surface area contributed by atoms with Crippen LogP contribution in [0.2, 0.25) is 0 Å². The van der Waals surface area contributed by atoms with Crippen LogP contribution in [0, 0.1) is 6.92 Å². The number of benzene rings is 1. The lowest BCUT2D eigenvalue weighted by Gasteiger charge is -2.17. The molecule has 2 aromatic rings. The molecule has 1 aromatic carbocycles. The van der Waals surface area contributed by atoms with Gasteiger partial charge in [-0.25, -0.2) is 4.99 Å². The van der Waals surface area contributed by atoms with Crippen LogP contribution in [0.5, 0.6) is 0 Å². The molecule has 136 valence electrons. The number of hydrogen-bond donors (Lipinski definition) is 2. The Labute approximate surface area is 155 Å². The molecule has 1 atom stereocenters. The molecule has 1 aromatic heterocycles. The summed E-state index contributed by atoms with van der Waals surface area (Å²) in [5.41, 5.74) is 2.36. The molecule has 25 heavy (non-hydrogen) atoms. The van der Waals surface area contributed by atoms with E-state index in [1.807, 2.05) is 11.3 Å². The van der Waals surface area contributed by atoms with E-state index in [-0.39, 0.29) is 0 Å². The molecule has 1 unspecified atom stereocenters. The lowest BCUT2D eigenvalue weighted by atomic mass is 10.1. The Bertz CT molecular complexity index is 681. The smallest absolute Gasteiger partial charge is 0.191 e. The second kappa shape index (κ2) is 10.2. The predicted octanol–water partition coefficient (Wildman–Crippen LogP) is 3.89. The van der Waals surface area contributed by atoms with Crippen LogP contribution in [0.25, 0.3) is 0 Å². The number of guanidine groups is 1. The summed E-state index contributed by atoms with van der Waals surface area (Å²) in [4.78, 5) is 7.49. The first-order chi connectivity index (χ1) is 12.1. The summed E-state index contributed by atoms with van der Waals surface area (Å²) < 4.78 is 5.20. The van der Waals surface area contributed by atoms with Gasteiger partial charge in [0.05, 0.1) is 13.2 Å². The lowest BCUT2D eigenvalue weighted by Crippen LogP contribution is -2.43. The number of thiophene rings is 1. The van der Waals surface area contributed by atoms with E-state index in [0.29, 0.717) is 19.2 Å². The van der Waals surface area contributed by atoms with Crippen LogP contribution in [0.1, 0.15) is 34.7 Å². The molecule has 0 saturated heterocycles. The van der Waals surface area contributed by atoms with E-state index in [1.54, 1.807) is 7.11 Å². The third kappa shape index (κ3) is 6.88. The van der Waals surface area contributed by atoms with E-state index in [2.05, 4.69) is 67.8 Å². The fourth-order valence-corrected chi connectivity index (χ4v) is 3.67. The maximum Gasteiger partial charge on any atom is 0.191 e. The minimum atomic E-state index is 0.329. The van der Waals surface area contributed by atoms with E-state index in [0.717, 1.165) is 18.9 Å². The third-order valence-corrected chi connectivity index (χ3v) is 4.78. The minimum Gasteiger partial charge on any atom is -0.380 e. The summed E-state index contributed by atoms with van der Waals surface area (Å²) in [5.74, 6) is 0.862. The summed E-state index contributed by atoms with van der Waals surface area (Å²) in [6.45, 7) is 8.56. The van der Waals surface area contributed by atoms with Gasteiger partial charge in [-0.3, -0.25) is 0 Å². The predicted molar refractivity (Wildman–Crippen MR) is 107 cm³/mol. The van der Waals surface area contributed by atoms with Gasteiger partial charge in [-0.15, -0.1) is 11.3 Å². The average molecular weight is 360 g/mol. The van der Waals surface area contributed by atoms with Crippen LogP contribution in [0.3, 0.4) is 0 Å². The molecular formula is C20H29N3OS. The lowest BCUT2D eigenvalue weighted by molar-refractivity contribution is 0.185. The molecule has 0 aliphatic heterocycles. The highest BCUT2D eigenvalue weighted by Crippen LogP contribution is 2.16. The first kappa shape index (κ1) is 19.5. The first-order valence-corrected chi connectivity index (χ1v) is 9.59. The summed E-state index contributed by atoms with van der Waals surface area (Å²) >= 11 is 1.86. The van der Waals surface area contributed by atoms with Gasteiger partial charge in [0.15, 0.2) is 5.96 Å². The quantitative estimate of drug-likeness (QED) is 0.555. The van der Waals surface area contributed by atoms with Crippen molar-refractivity contribution in [3.63, 3.8) is 0 Å². The van der Waals surface area contributed by atoms with Gasteiger partial charge in [0.1, 0.15) is 0 Å². The van der Waals surface area contributed by atoms with Crippen LogP contribution in [-0.2, 0) is 24.3 Å². The van der Waals surface area contributed by atoms with Crippen molar-refractivity contribution in [3.05, 3.63) is 57.3 Å². The van der Waals surface area contributed by atoms with Crippen molar-refractivity contribution in [1.82, 2.24) is 10.6 Å². The summed E-state index contributed by atoms with van der Waals surface area (Å²) in [7, 11) is 1.72. The Hall–Kier alpha value is -1.85. The van der Waals surface area contributed by atoms with Crippen molar-refractivity contribution in [1.29, 1.82) is 0 Å². The van der Waals surface area contributed by atoms with Gasteiger partial charge in [0.2, 0.25) is 0 Å². The van der Waals surface area contributed by atoms with Crippen molar-refractivity contribution >= 4 is 17.3 Å². The van der Waals surface area contributed by atoms with Crippen LogP contribution in [0.15, 0.2) is 41.4 Å². The molecule has 2 N–H and O–H groups in total. The largest absolute Gasteiger partial charge is 0.380 e. The van der Waals surface area contributed by atoms with Gasteiger partial charge >= 0.3 is 0 Å². The number of hydrogen-bond acceptors (Lipinski definition) is 3. The molecule has 0 bridgehead atoms. The van der Waals surface area contributed by atoms with Gasteiger partial charge in [-0.05, 0) is 44.0 Å². The SMILES string of the molecule is CCNC(=NCc1cccc(COC)c1)NC(C)Cc1ccc(C)s1. The van der Waals surface area contributed by atoms with Crippen LogP contribution in [0.4, 0.5) is 0 Å². The fourth-order valence-electron chi connectivity index (χ4n) is 2.66. The molecule has 5 heteroatoms. The van der Waals surface area contributed by atoms with Crippen molar-refractivity contribution in [2.45, 2.75) is 46.4 Å². The fraction of sp³-hybridized carbons (Fsp3) is 0.450. The second-order valence-electron chi connectivity index (χ2n) is 6.21. The Kier molecular flexibility index (Phi) is 7.95. The molecule has 0 amide bonds. The Balaban J connectivity index is 1.96. The second-order valence-corrected chi connectivity index (χ2v) is 7.58. The molecule has 0 fully saturated rings. The van der Waals surface area contributed by atoms with E-state index in [4.69, 9.17) is 9.73 Å². The zero-order valence-corrected chi connectivity index (χ0v) is 16.5. The summed E-state index contributed by atoms with van der Waals surface area (Å²) in [6, 6.07) is 13.1. The number of nitrogens with one attached hydrogen (secondary N) is 2. The van der Waals surface area contributed by atoms with Crippen LogP contribution < -0.4 is 10.6 Å². The van der Waals surface area contributed by atoms with Gasteiger partial charge in [0, 0.05) is 35.9 Å². The van der Waals surface area contributed by atoms with E-state index >= 15 is 0 Å². The maximum absolute atomic E-state index is 5.20. The molecule has 0 radical (unpaired) electrons. The van der Waals surface area contributed by atoms with Crippen LogP contribution in [-0.4, -0.2) is 25.7 Å². The molecule has 0 aliphatic rings. The number of aryl methyl sites for hydroxylation is 1. The number of ether oxygens (including phenoxy) is 1. The monoisotopic (exact) mass is 359 g/mol. The zero-order chi connectivity index (χ0) is 18.1. The molecule has 4 nitrogen and oxygen atoms in total. The highest BCUT2D eigenvalue weighted by molar-refractivity contribution is 7.11. The van der Waals surface area contributed by atoms with E-state index in [1.165, 1.54) is 20.9 Å². The number of nitrogens with zero attached hydrogens (tertiary/aromatic N) is 1. The van der Waals surface area contributed by atoms with Crippen molar-refractivity contribution < 1.29 is 4.74 Å². The van der Waals surface area contributed by atoms with Crippen molar-refractivity contribution in [2.75, 3.05) is 13.7 Å².